The van der Waals surface area contributed by atoms with E-state index in [9.17, 15) is 0 Å². The van der Waals surface area contributed by atoms with E-state index in [-0.39, 0.29) is 0 Å². The number of nitrogens with one attached hydrogen (secondary N) is 2. The van der Waals surface area contributed by atoms with E-state index in [1.54, 1.807) is 11.0 Å². The molecule has 3 aromatic heterocycles. The highest BCUT2D eigenvalue weighted by molar-refractivity contribution is 5.86. The summed E-state index contributed by atoms with van der Waals surface area (Å²) in [5, 5.41) is 11.2. The van der Waals surface area contributed by atoms with Crippen molar-refractivity contribution in [3.8, 4) is 5.69 Å². The fourth-order valence-electron chi connectivity index (χ4n) is 5.14. The van der Waals surface area contributed by atoms with Gasteiger partial charge in [0.2, 0.25) is 5.95 Å². The van der Waals surface area contributed by atoms with E-state index < -0.39 is 0 Å². The van der Waals surface area contributed by atoms with E-state index in [0.29, 0.717) is 29.9 Å². The number of anilines is 3. The lowest BCUT2D eigenvalue weighted by atomic mass is 9.92. The van der Waals surface area contributed by atoms with Gasteiger partial charge in [0.1, 0.15) is 12.7 Å². The number of fused-ring (bicyclic) bond motifs is 1. The van der Waals surface area contributed by atoms with Gasteiger partial charge in [0, 0.05) is 23.8 Å². The van der Waals surface area contributed by atoms with Crippen LogP contribution < -0.4 is 16.4 Å². The van der Waals surface area contributed by atoms with Crippen LogP contribution in [0.2, 0.25) is 0 Å². The summed E-state index contributed by atoms with van der Waals surface area (Å²) in [6.07, 6.45) is 14.1. The minimum absolute atomic E-state index is 0.308. The zero-order chi connectivity index (χ0) is 22.9. The first kappa shape index (κ1) is 21.0. The molecule has 0 radical (unpaired) electrons. The molecule has 0 aliphatic heterocycles. The van der Waals surface area contributed by atoms with Gasteiger partial charge in [0.15, 0.2) is 17.0 Å². The van der Waals surface area contributed by atoms with E-state index in [1.165, 1.54) is 32.0 Å². The Hall–Kier alpha value is -3.53. The van der Waals surface area contributed by atoms with Gasteiger partial charge in [-0.05, 0) is 62.8 Å². The fourth-order valence-corrected chi connectivity index (χ4v) is 5.14. The normalized spacial score (nSPS) is 21.2. The standard InChI is InChI=1S/C24H30N10/c25-16-5-7-18(8-6-16)30-24-31-22(21-23(32-24)33(15-27-21)19-3-1-2-4-19)29-17-9-11-20(12-10-17)34-14-26-13-28-34/h9-16,18-19H,1-8,25H2,(H2,29,30,31,32). The average molecular weight is 459 g/mol. The summed E-state index contributed by atoms with van der Waals surface area (Å²) in [5.74, 6) is 1.36. The SMILES string of the molecule is NC1CCC(Nc2nc(Nc3ccc(-n4cncn4)cc3)c3ncn(C4CCCC4)c3n2)CC1. The molecule has 4 aromatic rings. The number of hydrogen-bond donors (Lipinski definition) is 3. The van der Waals surface area contributed by atoms with Crippen LogP contribution in [0, 0.1) is 0 Å². The maximum Gasteiger partial charge on any atom is 0.227 e. The summed E-state index contributed by atoms with van der Waals surface area (Å²) in [4.78, 5) is 18.5. The number of aromatic nitrogens is 7. The molecular formula is C24H30N10. The number of hydrogen-bond acceptors (Lipinski definition) is 8. The van der Waals surface area contributed by atoms with Crippen LogP contribution in [-0.4, -0.2) is 46.4 Å². The Morgan fingerprint density at radius 2 is 1.71 bits per heavy atom. The molecule has 0 atom stereocenters. The van der Waals surface area contributed by atoms with Gasteiger partial charge < -0.3 is 20.9 Å². The third-order valence-electron chi connectivity index (χ3n) is 7.06. The minimum Gasteiger partial charge on any atom is -0.351 e. The zero-order valence-electron chi connectivity index (χ0n) is 19.1. The summed E-state index contributed by atoms with van der Waals surface area (Å²) in [7, 11) is 0. The lowest BCUT2D eigenvalue weighted by Gasteiger charge is -2.27. The summed E-state index contributed by atoms with van der Waals surface area (Å²) >= 11 is 0. The second-order valence-corrected chi connectivity index (χ2v) is 9.43. The van der Waals surface area contributed by atoms with Gasteiger partial charge in [-0.2, -0.15) is 15.1 Å². The largest absolute Gasteiger partial charge is 0.351 e. The zero-order valence-corrected chi connectivity index (χ0v) is 19.1. The highest BCUT2D eigenvalue weighted by atomic mass is 15.3. The van der Waals surface area contributed by atoms with Crippen LogP contribution in [0.1, 0.15) is 57.4 Å². The van der Waals surface area contributed by atoms with Gasteiger partial charge in [0.25, 0.3) is 0 Å². The van der Waals surface area contributed by atoms with Crippen molar-refractivity contribution in [3.05, 3.63) is 43.2 Å². The van der Waals surface area contributed by atoms with Crippen molar-refractivity contribution in [2.24, 2.45) is 5.73 Å². The molecule has 34 heavy (non-hydrogen) atoms. The molecule has 2 fully saturated rings. The Morgan fingerprint density at radius 3 is 2.44 bits per heavy atom. The van der Waals surface area contributed by atoms with Gasteiger partial charge in [-0.25, -0.2) is 14.6 Å². The Labute approximate surface area is 198 Å². The number of imidazole rings is 1. The Bertz CT molecular complexity index is 1230. The summed E-state index contributed by atoms with van der Waals surface area (Å²) in [6.45, 7) is 0. The molecule has 0 unspecified atom stereocenters. The van der Waals surface area contributed by atoms with E-state index in [4.69, 9.17) is 20.7 Å². The Kier molecular flexibility index (Phi) is 5.58. The van der Waals surface area contributed by atoms with Crippen molar-refractivity contribution in [1.82, 2.24) is 34.3 Å². The van der Waals surface area contributed by atoms with Crippen LogP contribution in [0.3, 0.4) is 0 Å². The van der Waals surface area contributed by atoms with Crippen LogP contribution in [0.25, 0.3) is 16.9 Å². The maximum absolute atomic E-state index is 6.10. The van der Waals surface area contributed by atoms with E-state index in [0.717, 1.165) is 48.2 Å². The lowest BCUT2D eigenvalue weighted by molar-refractivity contribution is 0.410. The lowest BCUT2D eigenvalue weighted by Crippen LogP contribution is -2.33. The molecule has 0 amide bonds. The van der Waals surface area contributed by atoms with Crippen molar-refractivity contribution in [2.75, 3.05) is 10.6 Å². The molecule has 2 saturated carbocycles. The second kappa shape index (κ2) is 9.02. The quantitative estimate of drug-likeness (QED) is 0.397. The number of nitrogens with zero attached hydrogens (tertiary/aromatic N) is 7. The monoisotopic (exact) mass is 458 g/mol. The number of rotatable bonds is 6. The van der Waals surface area contributed by atoms with Crippen LogP contribution >= 0.6 is 0 Å². The van der Waals surface area contributed by atoms with Crippen LogP contribution in [-0.2, 0) is 0 Å². The minimum atomic E-state index is 0.308. The van der Waals surface area contributed by atoms with Crippen LogP contribution in [0.4, 0.5) is 17.5 Å². The summed E-state index contributed by atoms with van der Waals surface area (Å²) in [5.41, 5.74) is 9.65. The summed E-state index contributed by atoms with van der Waals surface area (Å²) in [6, 6.07) is 9.12. The molecule has 2 aliphatic rings. The highest BCUT2D eigenvalue weighted by Gasteiger charge is 2.24. The predicted molar refractivity (Wildman–Crippen MR) is 131 cm³/mol. The van der Waals surface area contributed by atoms with E-state index in [1.807, 2.05) is 30.6 Å². The highest BCUT2D eigenvalue weighted by Crippen LogP contribution is 2.34. The van der Waals surface area contributed by atoms with Gasteiger partial charge in [-0.1, -0.05) is 12.8 Å². The molecule has 0 saturated heterocycles. The molecule has 176 valence electrons. The molecular weight excluding hydrogens is 428 g/mol. The van der Waals surface area contributed by atoms with Gasteiger partial charge in [0.05, 0.1) is 12.0 Å². The number of nitrogens with two attached hydrogens (primary N) is 1. The predicted octanol–water partition coefficient (Wildman–Crippen LogP) is 3.95. The average Bonchev–Trinajstić information content (AvgIpc) is 3.63. The molecule has 6 rings (SSSR count). The van der Waals surface area contributed by atoms with Crippen molar-refractivity contribution in [1.29, 1.82) is 0 Å². The molecule has 4 N–H and O–H groups in total. The fraction of sp³-hybridized carbons (Fsp3) is 0.458. The third-order valence-corrected chi connectivity index (χ3v) is 7.06. The van der Waals surface area contributed by atoms with Crippen LogP contribution in [0.15, 0.2) is 43.2 Å². The van der Waals surface area contributed by atoms with Crippen molar-refractivity contribution >= 4 is 28.6 Å². The smallest absolute Gasteiger partial charge is 0.227 e. The molecule has 0 bridgehead atoms. The number of benzene rings is 1. The van der Waals surface area contributed by atoms with Gasteiger partial charge in [-0.3, -0.25) is 0 Å². The maximum atomic E-state index is 6.10. The molecule has 10 heteroatoms. The topological polar surface area (TPSA) is 124 Å². The van der Waals surface area contributed by atoms with Crippen LogP contribution in [0.5, 0.6) is 0 Å². The second-order valence-electron chi connectivity index (χ2n) is 9.43. The van der Waals surface area contributed by atoms with Gasteiger partial charge >= 0.3 is 0 Å². The van der Waals surface area contributed by atoms with Crippen molar-refractivity contribution in [2.45, 2.75) is 69.5 Å². The van der Waals surface area contributed by atoms with Crippen molar-refractivity contribution < 1.29 is 0 Å². The van der Waals surface area contributed by atoms with E-state index in [2.05, 4.69) is 25.3 Å². The first-order valence-electron chi connectivity index (χ1n) is 12.2. The van der Waals surface area contributed by atoms with Crippen molar-refractivity contribution in [3.63, 3.8) is 0 Å². The molecule has 1 aromatic carbocycles. The first-order chi connectivity index (χ1) is 16.7. The van der Waals surface area contributed by atoms with Gasteiger partial charge in [-0.15, -0.1) is 0 Å². The Balaban J connectivity index is 1.32. The van der Waals surface area contributed by atoms with E-state index >= 15 is 0 Å². The first-order valence-corrected chi connectivity index (χ1v) is 12.2. The molecule has 2 aliphatic carbocycles. The molecule has 10 nitrogen and oxygen atoms in total. The third kappa shape index (κ3) is 4.21. The summed E-state index contributed by atoms with van der Waals surface area (Å²) < 4.78 is 3.97. The molecule has 3 heterocycles. The molecule has 0 spiro atoms. The Morgan fingerprint density at radius 1 is 0.912 bits per heavy atom.